The van der Waals surface area contributed by atoms with Gasteiger partial charge in [0.25, 0.3) is 0 Å². The molecule has 0 aromatic rings. The van der Waals surface area contributed by atoms with Crippen LogP contribution < -0.4 is 5.32 Å². The van der Waals surface area contributed by atoms with Gasteiger partial charge in [-0.15, -0.1) is 0 Å². The molecule has 0 saturated heterocycles. The number of halogens is 1. The minimum Gasteiger partial charge on any atom is -0.465 e. The Kier molecular flexibility index (Phi) is 4.75. The molecule has 0 spiro atoms. The fourth-order valence-electron chi connectivity index (χ4n) is 0.262. The van der Waals surface area contributed by atoms with Crippen molar-refractivity contribution in [3.8, 4) is 0 Å². The van der Waals surface area contributed by atoms with E-state index in [-0.39, 0.29) is 0 Å². The molecular weight excluding hydrogens is 174 g/mol. The monoisotopic (exact) mass is 181 g/mol. The Balaban J connectivity index is 2.82. The lowest BCUT2D eigenvalue weighted by atomic mass is 10.5. The quantitative estimate of drug-likeness (QED) is 0.506. The molecule has 0 aliphatic carbocycles. The third-order valence-corrected chi connectivity index (χ3v) is 1.15. The average molecular weight is 182 g/mol. The van der Waals surface area contributed by atoms with Gasteiger partial charge in [-0.3, -0.25) is 0 Å². The zero-order chi connectivity index (χ0) is 6.41. The lowest BCUT2D eigenvalue weighted by Crippen LogP contribution is -2.21. The van der Waals surface area contributed by atoms with E-state index in [1.165, 1.54) is 0 Å². The van der Waals surface area contributed by atoms with Gasteiger partial charge in [0.2, 0.25) is 0 Å². The van der Waals surface area contributed by atoms with Crippen molar-refractivity contribution in [2.45, 2.75) is 6.42 Å². The van der Waals surface area contributed by atoms with Crippen LogP contribution in [0.25, 0.3) is 0 Å². The van der Waals surface area contributed by atoms with Crippen molar-refractivity contribution in [1.29, 1.82) is 0 Å². The van der Waals surface area contributed by atoms with Crippen molar-refractivity contribution in [1.82, 2.24) is 5.32 Å². The fraction of sp³-hybridized carbons (Fsp3) is 0.750. The summed E-state index contributed by atoms with van der Waals surface area (Å²) in [6.45, 7) is 0.528. The maximum absolute atomic E-state index is 9.75. The summed E-state index contributed by atoms with van der Waals surface area (Å²) in [5, 5.41) is 11.1. The third kappa shape index (κ3) is 5.75. The van der Waals surface area contributed by atoms with Crippen LogP contribution in [0, 0.1) is 0 Å². The maximum atomic E-state index is 9.75. The molecule has 48 valence electrons. The summed E-state index contributed by atoms with van der Waals surface area (Å²) in [5.74, 6) is 0. The maximum Gasteiger partial charge on any atom is 0.404 e. The normalized spacial score (nSPS) is 8.62. The molecule has 2 N–H and O–H groups in total. The van der Waals surface area contributed by atoms with Crippen molar-refractivity contribution in [2.24, 2.45) is 0 Å². The summed E-state index contributed by atoms with van der Waals surface area (Å²) in [6, 6.07) is 0. The van der Waals surface area contributed by atoms with Crippen LogP contribution in [-0.2, 0) is 0 Å². The lowest BCUT2D eigenvalue weighted by Gasteiger charge is -1.94. The molecular formula is C4H8BrNO2. The van der Waals surface area contributed by atoms with E-state index in [9.17, 15) is 4.79 Å². The number of hydrogen-bond acceptors (Lipinski definition) is 1. The first-order valence-corrected chi connectivity index (χ1v) is 3.42. The number of nitrogens with one attached hydrogen (secondary N) is 1. The van der Waals surface area contributed by atoms with E-state index in [0.717, 1.165) is 11.8 Å². The van der Waals surface area contributed by atoms with E-state index >= 15 is 0 Å². The minimum absolute atomic E-state index is 0.528. The standard InChI is InChI=1S/C4H8BrNO2/c5-2-1-3-6-4(7)8/h6H,1-3H2,(H,7,8). The molecule has 0 saturated carbocycles. The number of carbonyl (C=O) groups is 1. The van der Waals surface area contributed by atoms with Crippen LogP contribution in [0.3, 0.4) is 0 Å². The smallest absolute Gasteiger partial charge is 0.404 e. The van der Waals surface area contributed by atoms with Crippen molar-refractivity contribution < 1.29 is 9.90 Å². The summed E-state index contributed by atoms with van der Waals surface area (Å²) in [7, 11) is 0. The molecule has 8 heavy (non-hydrogen) atoms. The topological polar surface area (TPSA) is 49.3 Å². The van der Waals surface area contributed by atoms with E-state index in [0.29, 0.717) is 6.54 Å². The second kappa shape index (κ2) is 4.90. The van der Waals surface area contributed by atoms with E-state index in [1.807, 2.05) is 0 Å². The van der Waals surface area contributed by atoms with Crippen LogP contribution in [0.5, 0.6) is 0 Å². The van der Waals surface area contributed by atoms with Crippen LogP contribution in [-0.4, -0.2) is 23.1 Å². The summed E-state index contributed by atoms with van der Waals surface area (Å²) in [4.78, 5) is 9.75. The lowest BCUT2D eigenvalue weighted by molar-refractivity contribution is 0.194. The highest BCUT2D eigenvalue weighted by molar-refractivity contribution is 9.09. The Labute approximate surface area is 56.2 Å². The largest absolute Gasteiger partial charge is 0.465 e. The molecule has 0 unspecified atom stereocenters. The molecule has 0 radical (unpaired) electrons. The fourth-order valence-corrected chi connectivity index (χ4v) is 0.543. The van der Waals surface area contributed by atoms with E-state index in [4.69, 9.17) is 5.11 Å². The molecule has 1 amide bonds. The molecule has 0 fully saturated rings. The molecule has 0 aliphatic heterocycles. The van der Waals surface area contributed by atoms with Crippen LogP contribution >= 0.6 is 15.9 Å². The molecule has 0 aliphatic rings. The summed E-state index contributed by atoms with van der Waals surface area (Å²) >= 11 is 3.17. The van der Waals surface area contributed by atoms with E-state index < -0.39 is 6.09 Å². The van der Waals surface area contributed by atoms with Gasteiger partial charge >= 0.3 is 6.09 Å². The van der Waals surface area contributed by atoms with Crippen molar-refractivity contribution >= 4 is 22.0 Å². The Morgan fingerprint density at radius 1 is 1.75 bits per heavy atom. The van der Waals surface area contributed by atoms with Gasteiger partial charge in [-0.25, -0.2) is 4.79 Å². The summed E-state index contributed by atoms with van der Waals surface area (Å²) < 4.78 is 0. The van der Waals surface area contributed by atoms with Gasteiger partial charge in [0, 0.05) is 11.9 Å². The number of carboxylic acid groups (broad SMARTS) is 1. The first-order chi connectivity index (χ1) is 3.77. The predicted molar refractivity (Wildman–Crippen MR) is 34.4 cm³/mol. The summed E-state index contributed by atoms with van der Waals surface area (Å²) in [5.41, 5.74) is 0. The van der Waals surface area contributed by atoms with Gasteiger partial charge in [0.05, 0.1) is 0 Å². The highest BCUT2D eigenvalue weighted by Gasteiger charge is 1.89. The predicted octanol–water partition coefficient (Wildman–Crippen LogP) is 1.04. The second-order valence-electron chi connectivity index (χ2n) is 1.27. The molecule has 3 nitrogen and oxygen atoms in total. The van der Waals surface area contributed by atoms with Crippen molar-refractivity contribution in [2.75, 3.05) is 11.9 Å². The van der Waals surface area contributed by atoms with E-state index in [2.05, 4.69) is 21.2 Å². The molecule has 0 atom stereocenters. The molecule has 0 aromatic carbocycles. The van der Waals surface area contributed by atoms with Crippen LogP contribution in [0.1, 0.15) is 6.42 Å². The SMILES string of the molecule is O=C(O)NCCCBr. The third-order valence-electron chi connectivity index (χ3n) is 0.587. The molecule has 0 bridgehead atoms. The Hall–Kier alpha value is -0.250. The molecule has 0 heterocycles. The Morgan fingerprint density at radius 2 is 2.38 bits per heavy atom. The van der Waals surface area contributed by atoms with Gasteiger partial charge < -0.3 is 10.4 Å². The van der Waals surface area contributed by atoms with Gasteiger partial charge in [-0.05, 0) is 6.42 Å². The van der Waals surface area contributed by atoms with Gasteiger partial charge in [-0.1, -0.05) is 15.9 Å². The second-order valence-corrected chi connectivity index (χ2v) is 2.07. The zero-order valence-electron chi connectivity index (χ0n) is 4.35. The highest BCUT2D eigenvalue weighted by Crippen LogP contribution is 1.83. The minimum atomic E-state index is -0.953. The van der Waals surface area contributed by atoms with Crippen molar-refractivity contribution in [3.63, 3.8) is 0 Å². The highest BCUT2D eigenvalue weighted by atomic mass is 79.9. The molecule has 0 aromatic heterocycles. The zero-order valence-corrected chi connectivity index (χ0v) is 5.94. The molecule has 0 rings (SSSR count). The first kappa shape index (κ1) is 7.75. The first-order valence-electron chi connectivity index (χ1n) is 2.30. The number of amides is 1. The Morgan fingerprint density at radius 3 is 2.75 bits per heavy atom. The van der Waals surface area contributed by atoms with Crippen molar-refractivity contribution in [3.05, 3.63) is 0 Å². The van der Waals surface area contributed by atoms with Gasteiger partial charge in [0.1, 0.15) is 0 Å². The van der Waals surface area contributed by atoms with E-state index in [1.54, 1.807) is 0 Å². The average Bonchev–Trinajstić information content (AvgIpc) is 1.66. The van der Waals surface area contributed by atoms with Crippen LogP contribution in [0.15, 0.2) is 0 Å². The number of alkyl halides is 1. The van der Waals surface area contributed by atoms with Gasteiger partial charge in [-0.2, -0.15) is 0 Å². The molecule has 4 heteroatoms. The van der Waals surface area contributed by atoms with Gasteiger partial charge in [0.15, 0.2) is 0 Å². The number of rotatable bonds is 3. The van der Waals surface area contributed by atoms with Crippen LogP contribution in [0.2, 0.25) is 0 Å². The Bertz CT molecular complexity index is 76.4. The summed E-state index contributed by atoms with van der Waals surface area (Å²) in [6.07, 6.45) is -0.113. The number of hydrogen-bond donors (Lipinski definition) is 2. The van der Waals surface area contributed by atoms with Crippen LogP contribution in [0.4, 0.5) is 4.79 Å².